The first-order valence-corrected chi connectivity index (χ1v) is 7.64. The van der Waals surface area contributed by atoms with Crippen molar-refractivity contribution in [3.05, 3.63) is 59.7 Å². The van der Waals surface area contributed by atoms with Gasteiger partial charge in [-0.25, -0.2) is 13.6 Å². The van der Waals surface area contributed by atoms with E-state index >= 15 is 0 Å². The van der Waals surface area contributed by atoms with Gasteiger partial charge in [0.2, 0.25) is 10.0 Å². The predicted molar refractivity (Wildman–Crippen MR) is 79.8 cm³/mol. The Morgan fingerprint density at radius 1 is 1.09 bits per heavy atom. The molecular weight excluding hydrogens is 306 g/mol. The number of carboxylic acids is 1. The van der Waals surface area contributed by atoms with Gasteiger partial charge in [0.1, 0.15) is 0 Å². The Balaban J connectivity index is 2.01. The molecule has 2 aromatic rings. The Morgan fingerprint density at radius 3 is 2.18 bits per heavy atom. The van der Waals surface area contributed by atoms with Crippen LogP contribution < -0.4 is 15.7 Å². The number of nitrogens with two attached hydrogens (primary N) is 1. The van der Waals surface area contributed by atoms with Crippen molar-refractivity contribution in [3.8, 4) is 0 Å². The third-order valence-electron chi connectivity index (χ3n) is 2.74. The lowest BCUT2D eigenvalue weighted by Crippen LogP contribution is -2.21. The summed E-state index contributed by atoms with van der Waals surface area (Å²) in [5, 5.41) is 19.6. The zero-order valence-electron chi connectivity index (χ0n) is 11.3. The van der Waals surface area contributed by atoms with E-state index in [1.165, 1.54) is 42.6 Å². The number of sulfonamides is 1. The van der Waals surface area contributed by atoms with Crippen LogP contribution in [0.4, 0.5) is 5.69 Å². The molecule has 0 amide bonds. The quantitative estimate of drug-likeness (QED) is 0.599. The molecule has 7 nitrogen and oxygen atoms in total. The second-order valence-electron chi connectivity index (χ2n) is 4.35. The lowest BCUT2D eigenvalue weighted by Gasteiger charge is -2.03. The minimum atomic E-state index is -3.71. The van der Waals surface area contributed by atoms with E-state index in [9.17, 15) is 18.3 Å². The average Bonchev–Trinajstić information content (AvgIpc) is 2.47. The number of anilines is 1. The summed E-state index contributed by atoms with van der Waals surface area (Å²) in [6.07, 6.45) is 1.49. The topological polar surface area (TPSA) is 125 Å². The van der Waals surface area contributed by atoms with Gasteiger partial charge in [0.25, 0.3) is 0 Å². The number of aromatic carboxylic acids is 1. The zero-order chi connectivity index (χ0) is 16.2. The lowest BCUT2D eigenvalue weighted by molar-refractivity contribution is -0.255. The molecule has 0 aromatic heterocycles. The number of nitrogens with one attached hydrogen (secondary N) is 1. The summed E-state index contributed by atoms with van der Waals surface area (Å²) in [4.78, 5) is 10.6. The third kappa shape index (κ3) is 4.14. The molecule has 0 atom stereocenters. The molecule has 22 heavy (non-hydrogen) atoms. The molecule has 0 saturated carbocycles. The van der Waals surface area contributed by atoms with Crippen LogP contribution in [-0.2, 0) is 10.0 Å². The first kappa shape index (κ1) is 15.7. The Morgan fingerprint density at radius 2 is 1.68 bits per heavy atom. The van der Waals surface area contributed by atoms with E-state index in [-0.39, 0.29) is 10.5 Å². The van der Waals surface area contributed by atoms with Crippen molar-refractivity contribution >= 4 is 27.9 Å². The van der Waals surface area contributed by atoms with Crippen LogP contribution in [0.5, 0.6) is 0 Å². The van der Waals surface area contributed by atoms with Gasteiger partial charge in [-0.15, -0.1) is 0 Å². The summed E-state index contributed by atoms with van der Waals surface area (Å²) in [6.45, 7) is 0. The maximum Gasteiger partial charge on any atom is 0.238 e. The van der Waals surface area contributed by atoms with E-state index in [0.717, 1.165) is 0 Å². The second kappa shape index (κ2) is 6.37. The van der Waals surface area contributed by atoms with E-state index in [1.807, 2.05) is 0 Å². The molecule has 0 unspecified atom stereocenters. The zero-order valence-corrected chi connectivity index (χ0v) is 12.1. The molecule has 0 aliphatic rings. The van der Waals surface area contributed by atoms with Crippen molar-refractivity contribution in [2.45, 2.75) is 4.90 Å². The summed E-state index contributed by atoms with van der Waals surface area (Å²) in [5.74, 6) is -1.24. The molecule has 8 heteroatoms. The number of carbonyl (C=O) groups excluding carboxylic acids is 1. The average molecular weight is 318 g/mol. The number of carboxylic acid groups (broad SMARTS) is 1. The van der Waals surface area contributed by atoms with Crippen LogP contribution in [0.1, 0.15) is 15.9 Å². The van der Waals surface area contributed by atoms with Gasteiger partial charge in [-0.3, -0.25) is 5.43 Å². The van der Waals surface area contributed by atoms with Gasteiger partial charge in [-0.2, -0.15) is 5.10 Å². The number of benzene rings is 2. The Hall–Kier alpha value is -2.71. The Labute approximate surface area is 127 Å². The molecule has 0 saturated heterocycles. The largest absolute Gasteiger partial charge is 0.545 e. The lowest BCUT2D eigenvalue weighted by atomic mass is 10.1. The fraction of sp³-hybridized carbons (Fsp3) is 0. The molecule has 0 heterocycles. The van der Waals surface area contributed by atoms with E-state index in [1.54, 1.807) is 12.1 Å². The van der Waals surface area contributed by atoms with Crippen LogP contribution in [-0.4, -0.2) is 20.6 Å². The van der Waals surface area contributed by atoms with Crippen molar-refractivity contribution in [2.24, 2.45) is 10.2 Å². The highest BCUT2D eigenvalue weighted by molar-refractivity contribution is 7.89. The summed E-state index contributed by atoms with van der Waals surface area (Å²) < 4.78 is 22.2. The van der Waals surface area contributed by atoms with E-state index in [0.29, 0.717) is 11.3 Å². The summed E-state index contributed by atoms with van der Waals surface area (Å²) in [5.41, 5.74) is 4.07. The van der Waals surface area contributed by atoms with Gasteiger partial charge in [0.15, 0.2) is 0 Å². The highest BCUT2D eigenvalue weighted by Crippen LogP contribution is 2.12. The van der Waals surface area contributed by atoms with Gasteiger partial charge in [0, 0.05) is 0 Å². The number of nitrogens with zero attached hydrogens (tertiary/aromatic N) is 1. The minimum absolute atomic E-state index is 0.0138. The summed E-state index contributed by atoms with van der Waals surface area (Å²) in [6, 6.07) is 11.8. The second-order valence-corrected chi connectivity index (χ2v) is 5.91. The molecule has 0 fully saturated rings. The number of hydrogen-bond donors (Lipinski definition) is 2. The SMILES string of the molecule is NS(=O)(=O)c1ccc(N/N=C\c2ccc(C(=O)[O-])cc2)cc1. The highest BCUT2D eigenvalue weighted by atomic mass is 32.2. The first-order chi connectivity index (χ1) is 10.4. The number of rotatable bonds is 5. The van der Waals surface area contributed by atoms with Gasteiger partial charge in [-0.05, 0) is 35.4 Å². The number of hydrogen-bond acceptors (Lipinski definition) is 6. The standard InChI is InChI=1S/C14H13N3O4S/c15-22(20,21)13-7-5-12(6-8-13)17-16-9-10-1-3-11(4-2-10)14(18)19/h1-9,17H,(H,18,19)(H2,15,20,21)/p-1/b16-9-. The van der Waals surface area contributed by atoms with Crippen molar-refractivity contribution in [1.82, 2.24) is 0 Å². The molecular formula is C14H12N3O4S-. The molecule has 2 rings (SSSR count). The number of carbonyl (C=O) groups is 1. The fourth-order valence-corrected chi connectivity index (χ4v) is 2.12. The number of primary sulfonamides is 1. The minimum Gasteiger partial charge on any atom is -0.545 e. The van der Waals surface area contributed by atoms with Crippen LogP contribution in [0.25, 0.3) is 0 Å². The van der Waals surface area contributed by atoms with Crippen molar-refractivity contribution < 1.29 is 18.3 Å². The van der Waals surface area contributed by atoms with E-state index in [2.05, 4.69) is 10.5 Å². The normalized spacial score (nSPS) is 11.5. The van der Waals surface area contributed by atoms with Crippen LogP contribution >= 0.6 is 0 Å². The van der Waals surface area contributed by atoms with E-state index in [4.69, 9.17) is 5.14 Å². The Bertz CT molecular complexity index is 797. The first-order valence-electron chi connectivity index (χ1n) is 6.09. The number of hydrazone groups is 1. The van der Waals surface area contributed by atoms with Gasteiger partial charge in [0.05, 0.1) is 22.8 Å². The van der Waals surface area contributed by atoms with Crippen molar-refractivity contribution in [3.63, 3.8) is 0 Å². The molecule has 0 spiro atoms. The van der Waals surface area contributed by atoms with Crippen molar-refractivity contribution in [1.29, 1.82) is 0 Å². The van der Waals surface area contributed by atoms with Crippen LogP contribution in [0.3, 0.4) is 0 Å². The molecule has 0 aliphatic heterocycles. The van der Waals surface area contributed by atoms with Gasteiger partial charge >= 0.3 is 0 Å². The van der Waals surface area contributed by atoms with Crippen LogP contribution in [0, 0.1) is 0 Å². The molecule has 2 aromatic carbocycles. The third-order valence-corrected chi connectivity index (χ3v) is 3.67. The maximum absolute atomic E-state index is 11.1. The van der Waals surface area contributed by atoms with Gasteiger partial charge < -0.3 is 9.90 Å². The molecule has 0 bridgehead atoms. The van der Waals surface area contributed by atoms with E-state index < -0.39 is 16.0 Å². The Kier molecular flexibility index (Phi) is 4.54. The molecule has 3 N–H and O–H groups in total. The maximum atomic E-state index is 11.1. The molecule has 114 valence electrons. The van der Waals surface area contributed by atoms with Gasteiger partial charge in [-0.1, -0.05) is 24.3 Å². The summed E-state index contributed by atoms with van der Waals surface area (Å²) >= 11 is 0. The molecule has 0 aliphatic carbocycles. The predicted octanol–water partition coefficient (Wildman–Crippen LogP) is 0.143. The van der Waals surface area contributed by atoms with Crippen LogP contribution in [0.15, 0.2) is 58.5 Å². The molecule has 0 radical (unpaired) electrons. The highest BCUT2D eigenvalue weighted by Gasteiger charge is 2.06. The summed E-state index contributed by atoms with van der Waals surface area (Å²) in [7, 11) is -3.71. The fourth-order valence-electron chi connectivity index (χ4n) is 1.61. The van der Waals surface area contributed by atoms with Crippen molar-refractivity contribution in [2.75, 3.05) is 5.43 Å². The monoisotopic (exact) mass is 318 g/mol. The smallest absolute Gasteiger partial charge is 0.238 e. The van der Waals surface area contributed by atoms with Crippen LogP contribution in [0.2, 0.25) is 0 Å².